The van der Waals surface area contributed by atoms with Gasteiger partial charge < -0.3 is 19.2 Å². The minimum Gasteiger partial charge on any atom is -0.497 e. The van der Waals surface area contributed by atoms with E-state index in [9.17, 15) is 22.4 Å². The number of hydrogen-bond donors (Lipinski definition) is 2. The van der Waals surface area contributed by atoms with E-state index in [0.717, 1.165) is 7.11 Å². The molecule has 4 rings (SSSR count). The number of benzene rings is 3. The average Bonchev–Trinajstić information content (AvgIpc) is 3.27. The van der Waals surface area contributed by atoms with Crippen molar-refractivity contribution in [3.63, 3.8) is 0 Å². The SMILES string of the molecule is COc1ccc(-c2nc3cc(NC(=S)NC(=O)c4c(F)c(F)c(OC)c(F)c4F)ccc3o2)cc1. The Morgan fingerprint density at radius 2 is 1.60 bits per heavy atom. The van der Waals surface area contributed by atoms with E-state index in [1.54, 1.807) is 49.6 Å². The highest BCUT2D eigenvalue weighted by molar-refractivity contribution is 7.80. The third kappa shape index (κ3) is 4.60. The molecule has 0 spiro atoms. The van der Waals surface area contributed by atoms with Gasteiger partial charge in [0.1, 0.15) is 16.8 Å². The fraction of sp³-hybridized carbons (Fsp3) is 0.0870. The van der Waals surface area contributed by atoms with Crippen LogP contribution in [0.2, 0.25) is 0 Å². The Morgan fingerprint density at radius 3 is 2.20 bits per heavy atom. The van der Waals surface area contributed by atoms with Crippen LogP contribution in [0.15, 0.2) is 46.9 Å². The molecular weight excluding hydrogens is 490 g/mol. The van der Waals surface area contributed by atoms with Crippen LogP contribution in [0.25, 0.3) is 22.6 Å². The molecule has 0 atom stereocenters. The van der Waals surface area contributed by atoms with Crippen molar-refractivity contribution >= 4 is 40.0 Å². The number of amides is 1. The molecule has 0 aliphatic carbocycles. The van der Waals surface area contributed by atoms with Gasteiger partial charge >= 0.3 is 0 Å². The molecule has 0 fully saturated rings. The lowest BCUT2D eigenvalue weighted by molar-refractivity contribution is 0.0966. The standard InChI is InChI=1S/C23H15F4N3O4S/c1-32-12-6-3-10(4-7-12)22-29-13-9-11(5-8-14(13)34-22)28-23(35)30-21(31)15-16(24)18(26)20(33-2)19(27)17(15)25/h3-9H,1-2H3,(H2,28,30,31,35). The van der Waals surface area contributed by atoms with Gasteiger partial charge in [-0.25, -0.2) is 13.8 Å². The molecule has 180 valence electrons. The summed E-state index contributed by atoms with van der Waals surface area (Å²) in [5, 5.41) is 4.23. The van der Waals surface area contributed by atoms with E-state index < -0.39 is 40.5 Å². The minimum absolute atomic E-state index is 0.352. The summed E-state index contributed by atoms with van der Waals surface area (Å²) in [7, 11) is 2.38. The molecule has 0 aliphatic rings. The third-order valence-electron chi connectivity index (χ3n) is 4.86. The van der Waals surface area contributed by atoms with Crippen LogP contribution in [0.1, 0.15) is 10.4 Å². The molecule has 3 aromatic carbocycles. The summed E-state index contributed by atoms with van der Waals surface area (Å²) in [4.78, 5) is 16.7. The quantitative estimate of drug-likeness (QED) is 0.219. The van der Waals surface area contributed by atoms with Gasteiger partial charge in [0.05, 0.1) is 14.2 Å². The van der Waals surface area contributed by atoms with Crippen LogP contribution in [0.3, 0.4) is 0 Å². The lowest BCUT2D eigenvalue weighted by atomic mass is 10.1. The fourth-order valence-corrected chi connectivity index (χ4v) is 3.39. The summed E-state index contributed by atoms with van der Waals surface area (Å²) in [6, 6.07) is 11.8. The first-order chi connectivity index (χ1) is 16.7. The number of methoxy groups -OCH3 is 2. The molecule has 0 aliphatic heterocycles. The zero-order valence-electron chi connectivity index (χ0n) is 18.0. The zero-order valence-corrected chi connectivity index (χ0v) is 18.9. The molecule has 35 heavy (non-hydrogen) atoms. The number of ether oxygens (including phenoxy) is 2. The van der Waals surface area contributed by atoms with E-state index in [1.165, 1.54) is 0 Å². The van der Waals surface area contributed by atoms with E-state index in [0.29, 0.717) is 34.0 Å². The molecule has 0 unspecified atom stereocenters. The monoisotopic (exact) mass is 505 g/mol. The van der Waals surface area contributed by atoms with Crippen molar-refractivity contribution < 1.29 is 36.2 Å². The first kappa shape index (κ1) is 24.0. The summed E-state index contributed by atoms with van der Waals surface area (Å²) in [6.07, 6.45) is 0. The van der Waals surface area contributed by atoms with E-state index in [-0.39, 0.29) is 5.11 Å². The van der Waals surface area contributed by atoms with Gasteiger partial charge in [-0.2, -0.15) is 8.78 Å². The van der Waals surface area contributed by atoms with Crippen LogP contribution >= 0.6 is 12.2 Å². The van der Waals surface area contributed by atoms with Crippen molar-refractivity contribution in [2.24, 2.45) is 0 Å². The van der Waals surface area contributed by atoms with Gasteiger partial charge in [0, 0.05) is 11.3 Å². The van der Waals surface area contributed by atoms with Crippen molar-refractivity contribution in [1.82, 2.24) is 10.3 Å². The van der Waals surface area contributed by atoms with E-state index in [4.69, 9.17) is 21.4 Å². The Hall–Kier alpha value is -4.19. The van der Waals surface area contributed by atoms with Crippen molar-refractivity contribution in [3.8, 4) is 23.0 Å². The van der Waals surface area contributed by atoms with Gasteiger partial charge in [-0.3, -0.25) is 10.1 Å². The molecule has 0 bridgehead atoms. The number of fused-ring (bicyclic) bond motifs is 1. The molecular formula is C23H15F4N3O4S. The average molecular weight is 505 g/mol. The molecule has 12 heteroatoms. The number of nitrogens with one attached hydrogen (secondary N) is 2. The Balaban J connectivity index is 1.51. The Kier molecular flexibility index (Phi) is 6.56. The van der Waals surface area contributed by atoms with Crippen LogP contribution in [-0.4, -0.2) is 30.2 Å². The van der Waals surface area contributed by atoms with E-state index >= 15 is 0 Å². The van der Waals surface area contributed by atoms with Crippen molar-refractivity contribution in [1.29, 1.82) is 0 Å². The molecule has 1 heterocycles. The summed E-state index contributed by atoms with van der Waals surface area (Å²) < 4.78 is 71.3. The number of nitrogens with zero attached hydrogens (tertiary/aromatic N) is 1. The van der Waals surface area contributed by atoms with Crippen LogP contribution in [-0.2, 0) is 0 Å². The second-order valence-electron chi connectivity index (χ2n) is 7.00. The maximum atomic E-state index is 14.2. The van der Waals surface area contributed by atoms with Crippen LogP contribution in [0, 0.1) is 23.3 Å². The minimum atomic E-state index is -1.92. The first-order valence-electron chi connectivity index (χ1n) is 9.80. The zero-order chi connectivity index (χ0) is 25.3. The molecule has 0 saturated carbocycles. The predicted octanol–water partition coefficient (Wildman–Crippen LogP) is 5.20. The first-order valence-corrected chi connectivity index (χ1v) is 10.2. The maximum absolute atomic E-state index is 14.2. The molecule has 2 N–H and O–H groups in total. The topological polar surface area (TPSA) is 85.6 Å². The number of carbonyl (C=O) groups excluding carboxylic acids is 1. The number of oxazole rings is 1. The van der Waals surface area contributed by atoms with Crippen LogP contribution in [0.5, 0.6) is 11.5 Å². The number of rotatable bonds is 5. The summed E-state index contributed by atoms with van der Waals surface area (Å²) in [5.41, 5.74) is 0.490. The normalized spacial score (nSPS) is 10.8. The van der Waals surface area contributed by atoms with Crippen molar-refractivity contribution in [2.45, 2.75) is 0 Å². The fourth-order valence-electron chi connectivity index (χ4n) is 3.18. The highest BCUT2D eigenvalue weighted by Crippen LogP contribution is 2.30. The second-order valence-corrected chi connectivity index (χ2v) is 7.41. The van der Waals surface area contributed by atoms with Crippen LogP contribution < -0.4 is 20.1 Å². The summed E-state index contributed by atoms with van der Waals surface area (Å²) in [5.74, 6) is -9.29. The van der Waals surface area contributed by atoms with Crippen LogP contribution in [0.4, 0.5) is 23.2 Å². The second kappa shape index (κ2) is 9.58. The largest absolute Gasteiger partial charge is 0.497 e. The van der Waals surface area contributed by atoms with E-state index in [2.05, 4.69) is 15.0 Å². The smallest absolute Gasteiger partial charge is 0.263 e. The van der Waals surface area contributed by atoms with Crippen molar-refractivity contribution in [2.75, 3.05) is 19.5 Å². The highest BCUT2D eigenvalue weighted by Gasteiger charge is 2.30. The van der Waals surface area contributed by atoms with Gasteiger partial charge in [0.2, 0.25) is 17.5 Å². The van der Waals surface area contributed by atoms with Gasteiger partial charge in [0.25, 0.3) is 5.91 Å². The maximum Gasteiger partial charge on any atom is 0.263 e. The van der Waals surface area contributed by atoms with Gasteiger partial charge in [-0.1, -0.05) is 0 Å². The third-order valence-corrected chi connectivity index (χ3v) is 5.07. The number of aromatic nitrogens is 1. The number of anilines is 1. The lowest BCUT2D eigenvalue weighted by Gasteiger charge is -2.12. The van der Waals surface area contributed by atoms with E-state index in [1.807, 2.05) is 5.32 Å². The summed E-state index contributed by atoms with van der Waals surface area (Å²) >= 11 is 4.99. The molecule has 4 aromatic rings. The number of thiocarbonyl (C=S) groups is 1. The number of carbonyl (C=O) groups is 1. The highest BCUT2D eigenvalue weighted by atomic mass is 32.1. The number of halogens is 4. The number of hydrogen-bond acceptors (Lipinski definition) is 6. The Morgan fingerprint density at radius 1 is 0.943 bits per heavy atom. The van der Waals surface area contributed by atoms with Gasteiger partial charge in [-0.15, -0.1) is 0 Å². The van der Waals surface area contributed by atoms with Gasteiger partial charge in [-0.05, 0) is 54.7 Å². The molecule has 0 saturated heterocycles. The molecule has 1 amide bonds. The molecule has 1 aromatic heterocycles. The van der Waals surface area contributed by atoms with Crippen molar-refractivity contribution in [3.05, 3.63) is 71.3 Å². The Bertz CT molecular complexity index is 1430. The van der Waals surface area contributed by atoms with Gasteiger partial charge in [0.15, 0.2) is 28.1 Å². The molecule has 7 nitrogen and oxygen atoms in total. The predicted molar refractivity (Wildman–Crippen MR) is 123 cm³/mol. The lowest BCUT2D eigenvalue weighted by Crippen LogP contribution is -2.35. The summed E-state index contributed by atoms with van der Waals surface area (Å²) in [6.45, 7) is 0. The Labute approximate surface area is 200 Å². The molecule has 0 radical (unpaired) electrons.